The van der Waals surface area contributed by atoms with Crippen LogP contribution in [-0.4, -0.2) is 41.9 Å². The third-order valence-corrected chi connectivity index (χ3v) is 4.61. The monoisotopic (exact) mass is 487 g/mol. The molecule has 2 atom stereocenters. The first-order valence-electron chi connectivity index (χ1n) is 9.44. The molecule has 0 bridgehead atoms. The zero-order valence-electron chi connectivity index (χ0n) is 17.2. The molecule has 3 rings (SSSR count). The van der Waals surface area contributed by atoms with Crippen molar-refractivity contribution in [2.24, 2.45) is 0 Å². The molecule has 2 aromatic rings. The second-order valence-electron chi connectivity index (χ2n) is 7.11. The van der Waals surface area contributed by atoms with Crippen molar-refractivity contribution in [3.05, 3.63) is 47.7 Å². The Labute approximate surface area is 188 Å². The van der Waals surface area contributed by atoms with Crippen molar-refractivity contribution in [2.45, 2.75) is 31.6 Å². The number of nitrogens with zero attached hydrogens (tertiary/aromatic N) is 3. The summed E-state index contributed by atoms with van der Waals surface area (Å²) in [6, 6.07) is 6.10. The highest BCUT2D eigenvalue weighted by Crippen LogP contribution is 2.39. The van der Waals surface area contributed by atoms with E-state index in [0.717, 1.165) is 18.3 Å². The number of halogens is 6. The fourth-order valence-electron chi connectivity index (χ4n) is 3.17. The normalized spacial score (nSPS) is 18.4. The predicted octanol–water partition coefficient (Wildman–Crippen LogP) is 3.66. The highest BCUT2D eigenvalue weighted by Gasteiger charge is 2.52. The lowest BCUT2D eigenvalue weighted by molar-refractivity contribution is -0.212. The van der Waals surface area contributed by atoms with E-state index < -0.39 is 59.9 Å². The van der Waals surface area contributed by atoms with Crippen molar-refractivity contribution in [2.75, 3.05) is 22.1 Å². The average molecular weight is 487 g/mol. The van der Waals surface area contributed by atoms with E-state index in [0.29, 0.717) is 11.0 Å². The maximum Gasteiger partial charge on any atom is 0.433 e. The Balaban J connectivity index is 1.83. The maximum absolute atomic E-state index is 13.6. The van der Waals surface area contributed by atoms with Crippen molar-refractivity contribution in [3.63, 3.8) is 0 Å². The van der Waals surface area contributed by atoms with Gasteiger partial charge in [0.15, 0.2) is 6.10 Å². The number of carbonyl (C=O) groups excluding carboxylic acids is 2. The molecule has 1 saturated heterocycles. The molecule has 1 aromatic carbocycles. The Morgan fingerprint density at radius 3 is 2.38 bits per heavy atom. The number of alkyl halides is 6. The van der Waals surface area contributed by atoms with Crippen LogP contribution in [0.2, 0.25) is 0 Å². The molecule has 1 aliphatic heterocycles. The number of hydrogen-bond acceptors (Lipinski definition) is 6. The molecule has 180 valence electrons. The molecule has 2 N–H and O–H groups in total. The predicted molar refractivity (Wildman–Crippen MR) is 105 cm³/mol. The number of ether oxygens (including phenoxy) is 1. The Kier molecular flexibility index (Phi) is 6.69. The largest absolute Gasteiger partial charge is 0.433 e. The molecule has 1 aliphatic rings. The SMILES string of the molecule is CC(=O)Nc1ccc(NC(=O)[C@@H]2CN(c3ccc(C#N)c(C(F)(F)F)c3)[C@@H](C(F)(F)F)O2)cn1. The van der Waals surface area contributed by atoms with Crippen molar-refractivity contribution < 1.29 is 40.7 Å². The van der Waals surface area contributed by atoms with Crippen LogP contribution in [0, 0.1) is 11.3 Å². The summed E-state index contributed by atoms with van der Waals surface area (Å²) in [7, 11) is 0. The number of aromatic nitrogens is 1. The van der Waals surface area contributed by atoms with E-state index in [1.165, 1.54) is 25.1 Å². The second-order valence-corrected chi connectivity index (χ2v) is 7.11. The highest BCUT2D eigenvalue weighted by molar-refractivity contribution is 5.95. The summed E-state index contributed by atoms with van der Waals surface area (Å²) in [6.45, 7) is 0.541. The van der Waals surface area contributed by atoms with Crippen LogP contribution in [0.5, 0.6) is 0 Å². The molecule has 8 nitrogen and oxygen atoms in total. The lowest BCUT2D eigenvalue weighted by atomic mass is 10.1. The highest BCUT2D eigenvalue weighted by atomic mass is 19.4. The van der Waals surface area contributed by atoms with Gasteiger partial charge in [0.05, 0.1) is 35.6 Å². The fraction of sp³-hybridized carbons (Fsp3) is 0.300. The van der Waals surface area contributed by atoms with Gasteiger partial charge in [-0.05, 0) is 30.3 Å². The number of benzene rings is 1. The third-order valence-electron chi connectivity index (χ3n) is 4.61. The van der Waals surface area contributed by atoms with Gasteiger partial charge in [-0.1, -0.05) is 0 Å². The van der Waals surface area contributed by atoms with Crippen LogP contribution < -0.4 is 15.5 Å². The molecule has 0 aliphatic carbocycles. The van der Waals surface area contributed by atoms with Crippen LogP contribution in [0.15, 0.2) is 36.5 Å². The molecular formula is C20H15F6N5O3. The summed E-state index contributed by atoms with van der Waals surface area (Å²) < 4.78 is 85.4. The van der Waals surface area contributed by atoms with E-state index in [1.54, 1.807) is 0 Å². The first-order valence-corrected chi connectivity index (χ1v) is 9.44. The van der Waals surface area contributed by atoms with Crippen LogP contribution in [0.3, 0.4) is 0 Å². The Morgan fingerprint density at radius 2 is 1.85 bits per heavy atom. The van der Waals surface area contributed by atoms with Gasteiger partial charge in [0.25, 0.3) is 5.91 Å². The molecule has 1 fully saturated rings. The minimum atomic E-state index is -5.04. The van der Waals surface area contributed by atoms with Gasteiger partial charge in [-0.15, -0.1) is 0 Å². The molecule has 0 spiro atoms. The van der Waals surface area contributed by atoms with E-state index in [-0.39, 0.29) is 11.5 Å². The van der Waals surface area contributed by atoms with E-state index in [4.69, 9.17) is 10.00 Å². The number of nitriles is 1. The molecule has 0 unspecified atom stereocenters. The van der Waals surface area contributed by atoms with E-state index >= 15 is 0 Å². The van der Waals surface area contributed by atoms with Crippen LogP contribution >= 0.6 is 0 Å². The molecule has 0 radical (unpaired) electrons. The number of rotatable bonds is 4. The maximum atomic E-state index is 13.6. The number of hydrogen-bond donors (Lipinski definition) is 2. The molecule has 2 amide bonds. The van der Waals surface area contributed by atoms with Gasteiger partial charge >= 0.3 is 12.4 Å². The van der Waals surface area contributed by atoms with E-state index in [1.807, 2.05) is 0 Å². The topological polar surface area (TPSA) is 107 Å². The van der Waals surface area contributed by atoms with E-state index in [2.05, 4.69) is 15.6 Å². The standard InChI is InChI=1S/C20H15F6N5O3/c1-10(32)29-16-5-3-12(8-28-16)30-17(33)15-9-31(18(34-15)20(24,25)26)13-4-2-11(7-27)14(6-13)19(21,22)23/h2-6,8,15,18H,9H2,1H3,(H,30,33)(H,28,29,32)/t15-,18+/m0/s1. The number of nitrogens with one attached hydrogen (secondary N) is 2. The lowest BCUT2D eigenvalue weighted by Crippen LogP contribution is -2.42. The van der Waals surface area contributed by atoms with Crippen molar-refractivity contribution in [3.8, 4) is 6.07 Å². The van der Waals surface area contributed by atoms with Crippen molar-refractivity contribution in [1.29, 1.82) is 5.26 Å². The first-order chi connectivity index (χ1) is 15.8. The van der Waals surface area contributed by atoms with E-state index in [9.17, 15) is 35.9 Å². The molecule has 1 aromatic heterocycles. The van der Waals surface area contributed by atoms with Gasteiger partial charge in [0.2, 0.25) is 12.1 Å². The summed E-state index contributed by atoms with van der Waals surface area (Å²) in [4.78, 5) is 27.8. The number of carbonyl (C=O) groups is 2. The molecule has 34 heavy (non-hydrogen) atoms. The molecule has 14 heteroatoms. The molecule has 2 heterocycles. The van der Waals surface area contributed by atoms with Gasteiger partial charge in [-0.2, -0.15) is 31.6 Å². The van der Waals surface area contributed by atoms with Crippen molar-refractivity contribution in [1.82, 2.24) is 4.98 Å². The van der Waals surface area contributed by atoms with Crippen LogP contribution in [0.25, 0.3) is 0 Å². The Bertz CT molecular complexity index is 1130. The summed E-state index contributed by atoms with van der Waals surface area (Å²) in [5, 5.41) is 13.6. The zero-order valence-corrected chi connectivity index (χ0v) is 17.2. The van der Waals surface area contributed by atoms with Gasteiger partial charge in [-0.3, -0.25) is 9.59 Å². The average Bonchev–Trinajstić information content (AvgIpc) is 3.20. The lowest BCUT2D eigenvalue weighted by Gasteiger charge is -2.27. The number of anilines is 3. The summed E-state index contributed by atoms with van der Waals surface area (Å²) in [5.74, 6) is -1.21. The molecular weight excluding hydrogens is 472 g/mol. The summed E-state index contributed by atoms with van der Waals surface area (Å²) in [6.07, 6.45) is -13.3. The van der Waals surface area contributed by atoms with Gasteiger partial charge in [0, 0.05) is 12.6 Å². The zero-order chi connectivity index (χ0) is 25.3. The minimum Gasteiger partial charge on any atom is -0.335 e. The summed E-state index contributed by atoms with van der Waals surface area (Å²) in [5.41, 5.74) is -2.61. The van der Waals surface area contributed by atoms with Gasteiger partial charge in [0.1, 0.15) is 5.82 Å². The fourth-order valence-corrected chi connectivity index (χ4v) is 3.17. The molecule has 0 saturated carbocycles. The number of amides is 2. The Hall–Kier alpha value is -3.86. The Morgan fingerprint density at radius 1 is 1.15 bits per heavy atom. The van der Waals surface area contributed by atoms with Gasteiger partial charge < -0.3 is 20.3 Å². The first kappa shape index (κ1) is 24.8. The van der Waals surface area contributed by atoms with Crippen LogP contribution in [-0.2, 0) is 20.5 Å². The van der Waals surface area contributed by atoms with Gasteiger partial charge in [-0.25, -0.2) is 4.98 Å². The van der Waals surface area contributed by atoms with Crippen LogP contribution in [0.1, 0.15) is 18.1 Å². The van der Waals surface area contributed by atoms with Crippen molar-refractivity contribution >= 4 is 29.0 Å². The minimum absolute atomic E-state index is 0.0856. The smallest absolute Gasteiger partial charge is 0.335 e. The quantitative estimate of drug-likeness (QED) is 0.638. The summed E-state index contributed by atoms with van der Waals surface area (Å²) >= 11 is 0. The van der Waals surface area contributed by atoms with Crippen LogP contribution in [0.4, 0.5) is 43.5 Å². The third kappa shape index (κ3) is 5.54. The second kappa shape index (κ2) is 9.18. The number of pyridine rings is 1.